The summed E-state index contributed by atoms with van der Waals surface area (Å²) in [5.41, 5.74) is 2.30. The molecule has 2 aromatic carbocycles. The van der Waals surface area contributed by atoms with E-state index >= 15 is 0 Å². The molecule has 0 amide bonds. The molecule has 0 atom stereocenters. The summed E-state index contributed by atoms with van der Waals surface area (Å²) in [6.45, 7) is 10.5. The third-order valence-corrected chi connectivity index (χ3v) is 13.4. The van der Waals surface area contributed by atoms with Gasteiger partial charge in [0.15, 0.2) is 38.8 Å². The number of carbonyl (C=O) groups is 1. The second kappa shape index (κ2) is 20.6. The second-order valence-electron chi connectivity index (χ2n) is 15.1. The average molecular weight is 884 g/mol. The normalized spacial score (nSPS) is 12.2. The summed E-state index contributed by atoms with van der Waals surface area (Å²) in [7, 11) is -0.482. The molecule has 0 aliphatic heterocycles. The van der Waals surface area contributed by atoms with E-state index in [2.05, 4.69) is 46.7 Å². The number of carbonyl (C=O) groups excluding carboxylic acids is 1. The van der Waals surface area contributed by atoms with Crippen LogP contribution in [0.25, 0.3) is 10.2 Å². The molecule has 5 aromatic rings. The second-order valence-corrected chi connectivity index (χ2v) is 24.4. The number of hydrogen-bond donors (Lipinski definition) is 1. The van der Waals surface area contributed by atoms with Crippen molar-refractivity contribution in [3.63, 3.8) is 0 Å². The van der Waals surface area contributed by atoms with Crippen molar-refractivity contribution in [3.8, 4) is 17.6 Å². The Labute approximate surface area is 353 Å². The monoisotopic (exact) mass is 883 g/mol. The molecule has 3 aromatic heterocycles. The van der Waals surface area contributed by atoms with Crippen LogP contribution in [0.15, 0.2) is 53.5 Å². The molecule has 3 heterocycles. The maximum absolute atomic E-state index is 14.8. The van der Waals surface area contributed by atoms with Crippen molar-refractivity contribution >= 4 is 73.8 Å². The molecule has 0 aliphatic rings. The van der Waals surface area contributed by atoms with Crippen molar-refractivity contribution in [2.45, 2.75) is 58.6 Å². The van der Waals surface area contributed by atoms with Crippen molar-refractivity contribution in [1.82, 2.24) is 24.6 Å². The molecule has 59 heavy (non-hydrogen) atoms. The first-order valence-electron chi connectivity index (χ1n) is 18.9. The number of esters is 1. The molecule has 0 spiro atoms. The number of nitrogens with zero attached hydrogens (tertiary/aromatic N) is 7. The lowest BCUT2D eigenvalue weighted by atomic mass is 10.2. The van der Waals surface area contributed by atoms with Crippen molar-refractivity contribution in [1.29, 1.82) is 0 Å². The Morgan fingerprint density at radius 1 is 1.07 bits per heavy atom. The molecule has 0 saturated heterocycles. The van der Waals surface area contributed by atoms with Crippen LogP contribution in [0, 0.1) is 24.6 Å². The molecule has 0 fully saturated rings. The predicted octanol–water partition coefficient (Wildman–Crippen LogP) is 7.07. The van der Waals surface area contributed by atoms with Crippen LogP contribution in [0.3, 0.4) is 0 Å². The van der Waals surface area contributed by atoms with E-state index in [-0.39, 0.29) is 31.0 Å². The van der Waals surface area contributed by atoms with E-state index in [4.69, 9.17) is 19.2 Å². The van der Waals surface area contributed by atoms with E-state index in [9.17, 15) is 22.2 Å². The van der Waals surface area contributed by atoms with Crippen molar-refractivity contribution in [2.24, 2.45) is 4.99 Å². The average Bonchev–Trinajstić information content (AvgIpc) is 3.75. The number of aromatic nitrogens is 4. The molecular weight excluding hydrogens is 834 g/mol. The van der Waals surface area contributed by atoms with Crippen molar-refractivity contribution in [3.05, 3.63) is 80.8 Å². The SMILES string of the molecule is COC(=O)c1nc(N(CCCS(=O)(=O)O)c2cc(C)c(/N=c3\sc4ccccc4n3COCC[Si](C)(C)C)nn2)sc1CCCOc1ccc(C#CCN(C)C)cc1F. The van der Waals surface area contributed by atoms with Gasteiger partial charge in [-0.1, -0.05) is 55.0 Å². The molecule has 316 valence electrons. The first kappa shape index (κ1) is 45.5. The van der Waals surface area contributed by atoms with Gasteiger partial charge in [-0.3, -0.25) is 14.0 Å². The standard InChI is InChI=1S/C40H50FN7O7S3Si/c1-28-25-35(44-45-37(28)43-40-48(27-54-22-24-59(5,6)7)31-14-8-9-15-33(31)56-40)47(20-12-23-58(50,51)52)39-42-36(38(49)53-4)34(57-39)16-11-21-55-32-18-17-29(26-30(32)41)13-10-19-46(2)3/h8-9,14-15,17-18,25-26H,11-12,16,19-24,27H2,1-7H3,(H,50,51,52)/b43-40-. The first-order chi connectivity index (χ1) is 28.0. The van der Waals surface area contributed by atoms with Gasteiger partial charge in [0.05, 0.1) is 36.2 Å². The number of ether oxygens (including phenoxy) is 3. The largest absolute Gasteiger partial charge is 0.491 e. The third-order valence-electron chi connectivity index (χ3n) is 8.67. The number of methoxy groups -OCH3 is 1. The van der Waals surface area contributed by atoms with Crippen LogP contribution in [0.2, 0.25) is 25.7 Å². The van der Waals surface area contributed by atoms with E-state index in [1.54, 1.807) is 17.0 Å². The smallest absolute Gasteiger partial charge is 0.357 e. The highest BCUT2D eigenvalue weighted by Gasteiger charge is 2.25. The molecule has 0 aliphatic carbocycles. The molecule has 5 rings (SSSR count). The highest BCUT2D eigenvalue weighted by molar-refractivity contribution is 7.85. The van der Waals surface area contributed by atoms with Gasteiger partial charge in [-0.25, -0.2) is 14.2 Å². The van der Waals surface area contributed by atoms with Crippen LogP contribution in [0.5, 0.6) is 5.75 Å². The minimum absolute atomic E-state index is 0.0209. The number of rotatable bonds is 19. The highest BCUT2D eigenvalue weighted by Crippen LogP contribution is 2.34. The van der Waals surface area contributed by atoms with E-state index in [1.165, 1.54) is 41.9 Å². The molecule has 0 unspecified atom stereocenters. The number of fused-ring (bicyclic) bond motifs is 1. The molecule has 1 N–H and O–H groups in total. The lowest BCUT2D eigenvalue weighted by molar-refractivity contribution is 0.0593. The quantitative estimate of drug-likeness (QED) is 0.0296. The first-order valence-corrected chi connectivity index (χ1v) is 25.9. The van der Waals surface area contributed by atoms with E-state index in [1.807, 2.05) is 54.8 Å². The van der Waals surface area contributed by atoms with Gasteiger partial charge < -0.3 is 19.1 Å². The van der Waals surface area contributed by atoms with Gasteiger partial charge in [-0.2, -0.15) is 13.4 Å². The fourth-order valence-electron chi connectivity index (χ4n) is 5.57. The number of halogens is 1. The Morgan fingerprint density at radius 3 is 2.54 bits per heavy atom. The van der Waals surface area contributed by atoms with Gasteiger partial charge in [0.2, 0.25) is 0 Å². The third kappa shape index (κ3) is 13.5. The van der Waals surface area contributed by atoms with E-state index in [0.717, 1.165) is 16.3 Å². The zero-order chi connectivity index (χ0) is 42.7. The Morgan fingerprint density at radius 2 is 1.85 bits per heavy atom. The summed E-state index contributed by atoms with van der Waals surface area (Å²) >= 11 is 2.71. The molecule has 19 heteroatoms. The van der Waals surface area contributed by atoms with E-state index in [0.29, 0.717) is 70.3 Å². The summed E-state index contributed by atoms with van der Waals surface area (Å²) in [5.74, 6) is 5.02. The van der Waals surface area contributed by atoms with Crippen LogP contribution in [0.1, 0.15) is 39.3 Å². The summed E-state index contributed by atoms with van der Waals surface area (Å²) in [4.78, 5) is 27.3. The number of benzene rings is 2. The lowest BCUT2D eigenvalue weighted by Crippen LogP contribution is -2.23. The molecule has 0 saturated carbocycles. The minimum Gasteiger partial charge on any atom is -0.491 e. The van der Waals surface area contributed by atoms with Crippen LogP contribution >= 0.6 is 22.7 Å². The van der Waals surface area contributed by atoms with Gasteiger partial charge >= 0.3 is 5.97 Å². The van der Waals surface area contributed by atoms with Crippen LogP contribution < -0.4 is 14.4 Å². The van der Waals surface area contributed by atoms with Crippen molar-refractivity contribution in [2.75, 3.05) is 58.2 Å². The molecule has 0 bridgehead atoms. The summed E-state index contributed by atoms with van der Waals surface area (Å²) < 4.78 is 67.6. The van der Waals surface area contributed by atoms with Gasteiger partial charge in [-0.05, 0) is 88.3 Å². The summed E-state index contributed by atoms with van der Waals surface area (Å²) in [5, 5.41) is 9.31. The van der Waals surface area contributed by atoms with Gasteiger partial charge in [-0.15, -0.1) is 21.5 Å². The Balaban J connectivity index is 1.39. The minimum atomic E-state index is -4.26. The number of hydrogen-bond acceptors (Lipinski definition) is 14. The van der Waals surface area contributed by atoms with Crippen LogP contribution in [-0.2, 0) is 32.7 Å². The highest BCUT2D eigenvalue weighted by atomic mass is 32.2. The fourth-order valence-corrected chi connectivity index (χ4v) is 8.96. The number of anilines is 2. The fraction of sp³-hybridized carbons (Fsp3) is 0.425. The number of aryl methyl sites for hydroxylation is 2. The van der Waals surface area contributed by atoms with E-state index < -0.39 is 35.7 Å². The molecular formula is C40H50FN7O7S3Si. The van der Waals surface area contributed by atoms with Crippen LogP contribution in [0.4, 0.5) is 21.2 Å². The van der Waals surface area contributed by atoms with Crippen molar-refractivity contribution < 1.29 is 36.4 Å². The Hall–Kier alpha value is -4.55. The topological polar surface area (TPSA) is 162 Å². The van der Waals surface area contributed by atoms with Gasteiger partial charge in [0.1, 0.15) is 6.73 Å². The zero-order valence-electron chi connectivity index (χ0n) is 34.3. The maximum atomic E-state index is 14.8. The zero-order valence-corrected chi connectivity index (χ0v) is 37.8. The molecule has 14 nitrogen and oxygen atoms in total. The van der Waals surface area contributed by atoms with Crippen LogP contribution in [-0.4, -0.2) is 105 Å². The number of thiazole rings is 2. The lowest BCUT2D eigenvalue weighted by Gasteiger charge is -2.20. The maximum Gasteiger partial charge on any atom is 0.357 e. The predicted molar refractivity (Wildman–Crippen MR) is 233 cm³/mol. The Bertz CT molecular complexity index is 2490. The summed E-state index contributed by atoms with van der Waals surface area (Å²) in [6.07, 6.45) is 0.776. The Kier molecular flexibility index (Phi) is 15.9. The summed E-state index contributed by atoms with van der Waals surface area (Å²) in [6, 6.07) is 15.4. The van der Waals surface area contributed by atoms with Gasteiger partial charge in [0.25, 0.3) is 10.1 Å². The van der Waals surface area contributed by atoms with Gasteiger partial charge in [0, 0.05) is 31.7 Å². The molecule has 0 radical (unpaired) electrons. The number of para-hydroxylation sites is 1.